The van der Waals surface area contributed by atoms with Crippen molar-refractivity contribution in [3.8, 4) is 0 Å². The van der Waals surface area contributed by atoms with E-state index in [4.69, 9.17) is 5.11 Å². The predicted octanol–water partition coefficient (Wildman–Crippen LogP) is 0.729. The van der Waals surface area contributed by atoms with Gasteiger partial charge in [0.05, 0.1) is 6.42 Å². The maximum atomic E-state index is 12.2. The number of nitrogens with zero attached hydrogens (tertiary/aromatic N) is 2. The zero-order valence-corrected chi connectivity index (χ0v) is 11.5. The molecule has 2 amide bonds. The Balaban J connectivity index is 1.83. The highest BCUT2D eigenvalue weighted by Crippen LogP contribution is 2.20. The van der Waals surface area contributed by atoms with Crippen LogP contribution < -0.4 is 5.32 Å². The second kappa shape index (κ2) is 6.23. The number of carbonyl (C=O) groups excluding carboxylic acids is 1. The van der Waals surface area contributed by atoms with Gasteiger partial charge in [-0.1, -0.05) is 0 Å². The molecule has 2 rings (SSSR count). The lowest BCUT2D eigenvalue weighted by Gasteiger charge is -2.32. The van der Waals surface area contributed by atoms with E-state index in [1.165, 1.54) is 0 Å². The van der Waals surface area contributed by atoms with Crippen molar-refractivity contribution in [2.45, 2.75) is 44.2 Å². The summed E-state index contributed by atoms with van der Waals surface area (Å²) in [6.07, 6.45) is 3.70. The number of carbonyl (C=O) groups is 2. The van der Waals surface area contributed by atoms with Crippen LogP contribution in [0.2, 0.25) is 0 Å². The van der Waals surface area contributed by atoms with Crippen LogP contribution in [0.25, 0.3) is 0 Å². The molecule has 2 N–H and O–H groups in total. The summed E-state index contributed by atoms with van der Waals surface area (Å²) in [6.45, 7) is 2.68. The standard InChI is InChI=1S/C13H23N3O3/c1-15-7-4-10(5-8-15)14-13(19)16-6-2-3-11(16)9-12(17)18/h10-11H,2-9H2,1H3,(H,14,19)(H,17,18). The van der Waals surface area contributed by atoms with E-state index in [1.54, 1.807) is 4.90 Å². The summed E-state index contributed by atoms with van der Waals surface area (Å²) >= 11 is 0. The summed E-state index contributed by atoms with van der Waals surface area (Å²) < 4.78 is 0. The number of hydrogen-bond donors (Lipinski definition) is 2. The van der Waals surface area contributed by atoms with Gasteiger partial charge in [-0.15, -0.1) is 0 Å². The van der Waals surface area contributed by atoms with Crippen LogP contribution in [0.3, 0.4) is 0 Å². The van der Waals surface area contributed by atoms with E-state index in [9.17, 15) is 9.59 Å². The Morgan fingerprint density at radius 3 is 2.53 bits per heavy atom. The van der Waals surface area contributed by atoms with Gasteiger partial charge >= 0.3 is 12.0 Å². The molecule has 0 aromatic heterocycles. The van der Waals surface area contributed by atoms with Gasteiger partial charge in [-0.3, -0.25) is 4.79 Å². The largest absolute Gasteiger partial charge is 0.481 e. The van der Waals surface area contributed by atoms with Gasteiger partial charge in [0.2, 0.25) is 0 Å². The Bertz CT molecular complexity index is 340. The maximum absolute atomic E-state index is 12.2. The fourth-order valence-corrected chi connectivity index (χ4v) is 2.93. The number of amides is 2. The summed E-state index contributed by atoms with van der Waals surface area (Å²) in [6, 6.07) is 0.0110. The lowest BCUT2D eigenvalue weighted by Crippen LogP contribution is -2.50. The summed E-state index contributed by atoms with van der Waals surface area (Å²) in [7, 11) is 2.08. The van der Waals surface area contributed by atoms with Crippen LogP contribution in [0, 0.1) is 0 Å². The van der Waals surface area contributed by atoms with Crippen LogP contribution in [-0.2, 0) is 4.79 Å². The minimum absolute atomic E-state index is 0.0564. The first-order chi connectivity index (χ1) is 9.06. The zero-order valence-electron chi connectivity index (χ0n) is 11.5. The minimum Gasteiger partial charge on any atom is -0.481 e. The van der Waals surface area contributed by atoms with Crippen LogP contribution in [0.15, 0.2) is 0 Å². The minimum atomic E-state index is -0.830. The molecule has 2 heterocycles. The molecule has 108 valence electrons. The normalized spacial score (nSPS) is 25.5. The number of carboxylic acids is 1. The van der Waals surface area contributed by atoms with Crippen molar-refractivity contribution in [1.82, 2.24) is 15.1 Å². The Morgan fingerprint density at radius 1 is 1.21 bits per heavy atom. The molecule has 0 aromatic rings. The predicted molar refractivity (Wildman–Crippen MR) is 71.0 cm³/mol. The maximum Gasteiger partial charge on any atom is 0.317 e. The SMILES string of the molecule is CN1CCC(NC(=O)N2CCCC2CC(=O)O)CC1. The van der Waals surface area contributed by atoms with Crippen molar-refractivity contribution >= 4 is 12.0 Å². The van der Waals surface area contributed by atoms with Crippen molar-refractivity contribution in [1.29, 1.82) is 0 Å². The Hall–Kier alpha value is -1.30. The third-order valence-electron chi connectivity index (χ3n) is 4.09. The van der Waals surface area contributed by atoms with Gasteiger partial charge in [0.15, 0.2) is 0 Å². The van der Waals surface area contributed by atoms with Gasteiger partial charge in [-0.05, 0) is 45.8 Å². The topological polar surface area (TPSA) is 72.9 Å². The zero-order chi connectivity index (χ0) is 13.8. The van der Waals surface area contributed by atoms with Crippen LogP contribution >= 0.6 is 0 Å². The third-order valence-corrected chi connectivity index (χ3v) is 4.09. The van der Waals surface area contributed by atoms with Gasteiger partial charge < -0.3 is 20.2 Å². The van der Waals surface area contributed by atoms with E-state index < -0.39 is 5.97 Å². The average molecular weight is 269 g/mol. The smallest absolute Gasteiger partial charge is 0.317 e. The van der Waals surface area contributed by atoms with Crippen molar-refractivity contribution < 1.29 is 14.7 Å². The van der Waals surface area contributed by atoms with E-state index in [0.29, 0.717) is 6.54 Å². The molecule has 0 aromatic carbocycles. The lowest BCUT2D eigenvalue weighted by atomic mass is 10.1. The van der Waals surface area contributed by atoms with Crippen molar-refractivity contribution in [3.05, 3.63) is 0 Å². The fourth-order valence-electron chi connectivity index (χ4n) is 2.93. The Labute approximate surface area is 113 Å². The summed E-state index contributed by atoms with van der Waals surface area (Å²) in [5.41, 5.74) is 0. The Morgan fingerprint density at radius 2 is 1.89 bits per heavy atom. The molecule has 0 saturated carbocycles. The summed E-state index contributed by atoms with van der Waals surface area (Å²) in [5.74, 6) is -0.830. The van der Waals surface area contributed by atoms with Gasteiger partial charge in [-0.2, -0.15) is 0 Å². The summed E-state index contributed by atoms with van der Waals surface area (Å²) in [5, 5.41) is 11.9. The molecule has 2 fully saturated rings. The van der Waals surface area contributed by atoms with Crippen LogP contribution in [0.4, 0.5) is 4.79 Å². The average Bonchev–Trinajstić information content (AvgIpc) is 2.79. The first-order valence-corrected chi connectivity index (χ1v) is 7.03. The molecule has 6 heteroatoms. The Kier molecular flexibility index (Phi) is 4.63. The number of urea groups is 1. The van der Waals surface area contributed by atoms with Gasteiger partial charge in [0, 0.05) is 18.6 Å². The van der Waals surface area contributed by atoms with E-state index in [2.05, 4.69) is 17.3 Å². The molecule has 0 aliphatic carbocycles. The number of likely N-dealkylation sites (tertiary alicyclic amines) is 2. The number of rotatable bonds is 3. The molecule has 0 spiro atoms. The number of carboxylic acid groups (broad SMARTS) is 1. The van der Waals surface area contributed by atoms with Gasteiger partial charge in [0.25, 0.3) is 0 Å². The quantitative estimate of drug-likeness (QED) is 0.792. The van der Waals surface area contributed by atoms with Gasteiger partial charge in [-0.25, -0.2) is 4.79 Å². The molecular formula is C13H23N3O3. The third kappa shape index (κ3) is 3.83. The van der Waals surface area contributed by atoms with Gasteiger partial charge in [0.1, 0.15) is 0 Å². The van der Waals surface area contributed by atoms with E-state index >= 15 is 0 Å². The molecule has 2 aliphatic heterocycles. The van der Waals surface area contributed by atoms with Crippen LogP contribution in [0.5, 0.6) is 0 Å². The lowest BCUT2D eigenvalue weighted by molar-refractivity contribution is -0.137. The molecule has 2 aliphatic rings. The van der Waals surface area contributed by atoms with E-state index in [1.807, 2.05) is 0 Å². The number of aliphatic carboxylic acids is 1. The van der Waals surface area contributed by atoms with Crippen molar-refractivity contribution in [2.75, 3.05) is 26.7 Å². The van der Waals surface area contributed by atoms with Crippen LogP contribution in [-0.4, -0.2) is 65.7 Å². The van der Waals surface area contributed by atoms with Crippen molar-refractivity contribution in [3.63, 3.8) is 0 Å². The molecule has 0 radical (unpaired) electrons. The van der Waals surface area contributed by atoms with E-state index in [-0.39, 0.29) is 24.5 Å². The molecule has 6 nitrogen and oxygen atoms in total. The number of hydrogen-bond acceptors (Lipinski definition) is 3. The molecule has 1 unspecified atom stereocenters. The number of piperidine rings is 1. The molecular weight excluding hydrogens is 246 g/mol. The van der Waals surface area contributed by atoms with E-state index in [0.717, 1.165) is 38.8 Å². The molecule has 19 heavy (non-hydrogen) atoms. The fraction of sp³-hybridized carbons (Fsp3) is 0.846. The summed E-state index contributed by atoms with van der Waals surface area (Å²) in [4.78, 5) is 26.9. The number of nitrogens with one attached hydrogen (secondary N) is 1. The molecule has 2 saturated heterocycles. The second-order valence-corrected chi connectivity index (χ2v) is 5.61. The first-order valence-electron chi connectivity index (χ1n) is 7.03. The van der Waals surface area contributed by atoms with Crippen LogP contribution in [0.1, 0.15) is 32.1 Å². The monoisotopic (exact) mass is 269 g/mol. The highest BCUT2D eigenvalue weighted by Gasteiger charge is 2.31. The highest BCUT2D eigenvalue weighted by atomic mass is 16.4. The molecule has 1 atom stereocenters. The van der Waals surface area contributed by atoms with Crippen molar-refractivity contribution in [2.24, 2.45) is 0 Å². The molecule has 0 bridgehead atoms. The highest BCUT2D eigenvalue weighted by molar-refractivity contribution is 5.76. The first kappa shape index (κ1) is 14.1. The second-order valence-electron chi connectivity index (χ2n) is 5.61.